The molecular weight excluding hydrogens is 277 g/mol. The second kappa shape index (κ2) is 5.35. The van der Waals surface area contributed by atoms with Crippen LogP contribution in [0.3, 0.4) is 0 Å². The SMILES string of the molecule is O=C(CC1NCc2cc(Cl)ccc21)c1ccc(F)cc1. The minimum Gasteiger partial charge on any atom is -0.305 e. The highest BCUT2D eigenvalue weighted by molar-refractivity contribution is 6.30. The van der Waals surface area contributed by atoms with Crippen molar-refractivity contribution >= 4 is 17.4 Å². The van der Waals surface area contributed by atoms with E-state index in [1.165, 1.54) is 24.3 Å². The van der Waals surface area contributed by atoms with Crippen molar-refractivity contribution in [2.45, 2.75) is 19.0 Å². The van der Waals surface area contributed by atoms with Crippen LogP contribution >= 0.6 is 11.6 Å². The molecule has 102 valence electrons. The molecule has 0 aliphatic carbocycles. The Labute approximate surface area is 121 Å². The van der Waals surface area contributed by atoms with Crippen molar-refractivity contribution in [2.75, 3.05) is 0 Å². The molecule has 1 heterocycles. The first-order valence-electron chi connectivity index (χ1n) is 6.44. The average Bonchev–Trinajstić information content (AvgIpc) is 2.81. The fourth-order valence-corrected chi connectivity index (χ4v) is 2.73. The van der Waals surface area contributed by atoms with Gasteiger partial charge in [0.05, 0.1) is 0 Å². The highest BCUT2D eigenvalue weighted by Gasteiger charge is 2.24. The predicted octanol–water partition coefficient (Wildman–Crippen LogP) is 3.90. The first-order valence-corrected chi connectivity index (χ1v) is 6.82. The summed E-state index contributed by atoms with van der Waals surface area (Å²) in [5, 5.41) is 4.01. The molecule has 0 amide bonds. The number of carbonyl (C=O) groups excluding carboxylic acids is 1. The quantitative estimate of drug-likeness (QED) is 0.869. The lowest BCUT2D eigenvalue weighted by Gasteiger charge is -2.11. The van der Waals surface area contributed by atoms with Gasteiger partial charge in [-0.15, -0.1) is 0 Å². The monoisotopic (exact) mass is 289 g/mol. The summed E-state index contributed by atoms with van der Waals surface area (Å²) in [6.45, 7) is 0.720. The van der Waals surface area contributed by atoms with E-state index >= 15 is 0 Å². The lowest BCUT2D eigenvalue weighted by Crippen LogP contribution is -2.16. The molecule has 20 heavy (non-hydrogen) atoms. The Morgan fingerprint density at radius 1 is 1.25 bits per heavy atom. The van der Waals surface area contributed by atoms with Gasteiger partial charge in [0, 0.05) is 29.6 Å². The Balaban J connectivity index is 1.77. The number of Topliss-reactive ketones (excluding diaryl/α,β-unsaturated/α-hetero) is 1. The fraction of sp³-hybridized carbons (Fsp3) is 0.188. The Kier molecular flexibility index (Phi) is 3.55. The van der Waals surface area contributed by atoms with Gasteiger partial charge in [-0.25, -0.2) is 4.39 Å². The lowest BCUT2D eigenvalue weighted by molar-refractivity contribution is 0.0970. The molecule has 0 fully saturated rings. The van der Waals surface area contributed by atoms with Crippen LogP contribution in [0, 0.1) is 5.82 Å². The van der Waals surface area contributed by atoms with Crippen molar-refractivity contribution in [1.82, 2.24) is 5.32 Å². The number of hydrogen-bond donors (Lipinski definition) is 1. The number of fused-ring (bicyclic) bond motifs is 1. The largest absolute Gasteiger partial charge is 0.305 e. The van der Waals surface area contributed by atoms with Crippen LogP contribution in [0.4, 0.5) is 4.39 Å². The van der Waals surface area contributed by atoms with Gasteiger partial charge in [0.1, 0.15) is 5.82 Å². The molecule has 1 aliphatic rings. The molecule has 3 rings (SSSR count). The zero-order valence-corrected chi connectivity index (χ0v) is 11.5. The maximum atomic E-state index is 12.9. The predicted molar refractivity (Wildman–Crippen MR) is 76.4 cm³/mol. The number of halogens is 2. The summed E-state index contributed by atoms with van der Waals surface area (Å²) in [6.07, 6.45) is 0.361. The van der Waals surface area contributed by atoms with Crippen molar-refractivity contribution in [2.24, 2.45) is 0 Å². The van der Waals surface area contributed by atoms with E-state index in [4.69, 9.17) is 11.6 Å². The van der Waals surface area contributed by atoms with Gasteiger partial charge < -0.3 is 5.32 Å². The van der Waals surface area contributed by atoms with E-state index in [1.807, 2.05) is 18.2 Å². The van der Waals surface area contributed by atoms with Crippen molar-refractivity contribution in [3.8, 4) is 0 Å². The van der Waals surface area contributed by atoms with Crippen LogP contribution in [0.5, 0.6) is 0 Å². The zero-order valence-electron chi connectivity index (χ0n) is 10.7. The lowest BCUT2D eigenvalue weighted by atomic mass is 9.98. The third-order valence-electron chi connectivity index (χ3n) is 3.58. The number of nitrogens with one attached hydrogen (secondary N) is 1. The topological polar surface area (TPSA) is 29.1 Å². The highest BCUT2D eigenvalue weighted by Crippen LogP contribution is 2.30. The van der Waals surface area contributed by atoms with E-state index < -0.39 is 0 Å². The number of hydrogen-bond acceptors (Lipinski definition) is 2. The number of carbonyl (C=O) groups is 1. The van der Waals surface area contributed by atoms with E-state index in [0.717, 1.165) is 17.7 Å². The van der Waals surface area contributed by atoms with Crippen molar-refractivity contribution < 1.29 is 9.18 Å². The summed E-state index contributed by atoms with van der Waals surface area (Å²) < 4.78 is 12.9. The van der Waals surface area contributed by atoms with Gasteiger partial charge in [-0.05, 0) is 47.5 Å². The molecule has 4 heteroatoms. The van der Waals surface area contributed by atoms with Crippen LogP contribution in [0.1, 0.15) is 33.9 Å². The second-order valence-electron chi connectivity index (χ2n) is 4.91. The maximum absolute atomic E-state index is 12.9. The summed E-state index contributed by atoms with van der Waals surface area (Å²) in [4.78, 5) is 12.2. The third kappa shape index (κ3) is 2.60. The molecule has 2 aromatic rings. The molecule has 2 nitrogen and oxygen atoms in total. The second-order valence-corrected chi connectivity index (χ2v) is 5.35. The normalized spacial score (nSPS) is 17.0. The Hall–Kier alpha value is -1.71. The van der Waals surface area contributed by atoms with E-state index in [2.05, 4.69) is 5.32 Å². The molecule has 1 N–H and O–H groups in total. The summed E-state index contributed by atoms with van der Waals surface area (Å²) in [7, 11) is 0. The summed E-state index contributed by atoms with van der Waals surface area (Å²) in [5.74, 6) is -0.328. The summed E-state index contributed by atoms with van der Waals surface area (Å²) >= 11 is 5.96. The van der Waals surface area contributed by atoms with Gasteiger partial charge in [0.25, 0.3) is 0 Å². The Morgan fingerprint density at radius 2 is 2.00 bits per heavy atom. The number of rotatable bonds is 3. The molecule has 0 saturated heterocycles. The molecule has 1 unspecified atom stereocenters. The van der Waals surface area contributed by atoms with Crippen LogP contribution in [-0.4, -0.2) is 5.78 Å². The van der Waals surface area contributed by atoms with E-state index in [9.17, 15) is 9.18 Å². The van der Waals surface area contributed by atoms with Crippen LogP contribution in [0.2, 0.25) is 5.02 Å². The molecular formula is C16H13ClFNO. The molecule has 1 atom stereocenters. The van der Waals surface area contributed by atoms with Crippen molar-refractivity contribution in [3.05, 3.63) is 70.0 Å². The maximum Gasteiger partial charge on any atom is 0.164 e. The molecule has 0 saturated carbocycles. The van der Waals surface area contributed by atoms with Crippen LogP contribution in [0.15, 0.2) is 42.5 Å². The number of benzene rings is 2. The zero-order chi connectivity index (χ0) is 14.1. The fourth-order valence-electron chi connectivity index (χ4n) is 2.53. The smallest absolute Gasteiger partial charge is 0.164 e. The van der Waals surface area contributed by atoms with Gasteiger partial charge >= 0.3 is 0 Å². The minimum atomic E-state index is -0.333. The molecule has 0 aromatic heterocycles. The molecule has 0 radical (unpaired) electrons. The van der Waals surface area contributed by atoms with E-state index in [-0.39, 0.29) is 17.6 Å². The molecule has 2 aromatic carbocycles. The van der Waals surface area contributed by atoms with E-state index in [1.54, 1.807) is 0 Å². The Morgan fingerprint density at radius 3 is 2.75 bits per heavy atom. The Bertz CT molecular complexity index is 654. The standard InChI is InChI=1S/C16H13ClFNO/c17-12-3-6-14-11(7-12)9-19-15(14)8-16(20)10-1-4-13(18)5-2-10/h1-7,15,19H,8-9H2. The third-order valence-corrected chi connectivity index (χ3v) is 3.81. The van der Waals surface area contributed by atoms with Crippen LogP contribution in [-0.2, 0) is 6.54 Å². The first kappa shape index (κ1) is 13.3. The van der Waals surface area contributed by atoms with Gasteiger partial charge in [-0.2, -0.15) is 0 Å². The van der Waals surface area contributed by atoms with Crippen LogP contribution < -0.4 is 5.32 Å². The average molecular weight is 290 g/mol. The van der Waals surface area contributed by atoms with Gasteiger partial charge in [0.15, 0.2) is 5.78 Å². The minimum absolute atomic E-state index is 0.000167. The van der Waals surface area contributed by atoms with E-state index in [0.29, 0.717) is 17.0 Å². The molecule has 0 spiro atoms. The highest BCUT2D eigenvalue weighted by atomic mass is 35.5. The number of ketones is 1. The first-order chi connectivity index (χ1) is 9.63. The van der Waals surface area contributed by atoms with Gasteiger partial charge in [-0.3, -0.25) is 4.79 Å². The van der Waals surface area contributed by atoms with Gasteiger partial charge in [-0.1, -0.05) is 17.7 Å². The van der Waals surface area contributed by atoms with Gasteiger partial charge in [0.2, 0.25) is 0 Å². The summed E-state index contributed by atoms with van der Waals surface area (Å²) in [6, 6.07) is 11.4. The van der Waals surface area contributed by atoms with Crippen molar-refractivity contribution in [1.29, 1.82) is 0 Å². The van der Waals surface area contributed by atoms with Crippen LogP contribution in [0.25, 0.3) is 0 Å². The molecule has 0 bridgehead atoms. The summed E-state index contributed by atoms with van der Waals surface area (Å²) in [5.41, 5.74) is 2.79. The van der Waals surface area contributed by atoms with Crippen molar-refractivity contribution in [3.63, 3.8) is 0 Å². The molecule has 1 aliphatic heterocycles.